The van der Waals surface area contributed by atoms with Crippen LogP contribution in [0.4, 0.5) is 5.82 Å². The number of anilines is 1. The molecule has 3 rings (SSSR count). The van der Waals surface area contributed by atoms with Crippen LogP contribution in [0.25, 0.3) is 22.2 Å². The van der Waals surface area contributed by atoms with Gasteiger partial charge in [0.1, 0.15) is 5.82 Å². The van der Waals surface area contributed by atoms with Crippen LogP contribution in [0, 0.1) is 0 Å². The summed E-state index contributed by atoms with van der Waals surface area (Å²) in [6, 6.07) is 6.12. The summed E-state index contributed by atoms with van der Waals surface area (Å²) in [5.74, 6) is 0.667. The molecule has 2 N–H and O–H groups in total. The third-order valence-corrected chi connectivity index (χ3v) is 3.02. The maximum absolute atomic E-state index is 5.96. The topological polar surface area (TPSA) is 61.7 Å². The molecule has 0 aliphatic carbocycles. The van der Waals surface area contributed by atoms with Crippen LogP contribution < -0.4 is 5.73 Å². The van der Waals surface area contributed by atoms with Crippen LogP contribution in [0.5, 0.6) is 0 Å². The lowest BCUT2D eigenvalue weighted by atomic mass is 10.1. The van der Waals surface area contributed by atoms with Gasteiger partial charge in [0.2, 0.25) is 0 Å². The van der Waals surface area contributed by atoms with Crippen molar-refractivity contribution in [2.45, 2.75) is 0 Å². The number of aryl methyl sites for hydroxylation is 2. The quantitative estimate of drug-likeness (QED) is 0.686. The molecule has 1 aromatic carbocycles. The highest BCUT2D eigenvalue weighted by atomic mass is 15.3. The summed E-state index contributed by atoms with van der Waals surface area (Å²) in [6.45, 7) is 0. The van der Waals surface area contributed by atoms with Gasteiger partial charge in [-0.05, 0) is 17.7 Å². The summed E-state index contributed by atoms with van der Waals surface area (Å²) >= 11 is 0. The van der Waals surface area contributed by atoms with Gasteiger partial charge >= 0.3 is 0 Å². The summed E-state index contributed by atoms with van der Waals surface area (Å²) in [6.07, 6.45) is 3.58. The molecule has 2 heterocycles. The van der Waals surface area contributed by atoms with Gasteiger partial charge in [-0.3, -0.25) is 4.68 Å². The number of nitrogens with two attached hydrogens (primary N) is 1. The summed E-state index contributed by atoms with van der Waals surface area (Å²) < 4.78 is 3.66. The molecule has 0 radical (unpaired) electrons. The molecular weight excluding hydrogens is 214 g/mol. The highest BCUT2D eigenvalue weighted by molar-refractivity contribution is 5.84. The minimum atomic E-state index is 0.667. The van der Waals surface area contributed by atoms with Crippen LogP contribution in [-0.4, -0.2) is 19.3 Å². The predicted octanol–water partition coefficient (Wildman–Crippen LogP) is 1.56. The van der Waals surface area contributed by atoms with E-state index in [0.29, 0.717) is 5.82 Å². The van der Waals surface area contributed by atoms with Crippen molar-refractivity contribution in [2.75, 3.05) is 5.73 Å². The van der Waals surface area contributed by atoms with E-state index in [9.17, 15) is 0 Å². The molecule has 0 aliphatic heterocycles. The Bertz CT molecular complexity index is 692. The van der Waals surface area contributed by atoms with Crippen molar-refractivity contribution in [2.24, 2.45) is 14.1 Å². The van der Waals surface area contributed by atoms with Crippen molar-refractivity contribution < 1.29 is 0 Å². The standard InChI is InChI=1S/C12H13N5/c1-16-7-14-10-5-8(3-4-11(10)16)9-6-15-17(2)12(9)13/h3-7H,13H2,1-2H3. The lowest BCUT2D eigenvalue weighted by Crippen LogP contribution is -1.98. The summed E-state index contributed by atoms with van der Waals surface area (Å²) in [7, 11) is 3.81. The van der Waals surface area contributed by atoms with Crippen LogP contribution in [0.3, 0.4) is 0 Å². The number of aromatic nitrogens is 4. The Labute approximate surface area is 98.5 Å². The maximum atomic E-state index is 5.96. The van der Waals surface area contributed by atoms with E-state index >= 15 is 0 Å². The van der Waals surface area contributed by atoms with Crippen LogP contribution in [0.1, 0.15) is 0 Å². The first-order valence-electron chi connectivity index (χ1n) is 5.36. The van der Waals surface area contributed by atoms with E-state index in [1.54, 1.807) is 17.2 Å². The molecule has 0 amide bonds. The smallest absolute Gasteiger partial charge is 0.129 e. The third kappa shape index (κ3) is 1.39. The first-order valence-corrected chi connectivity index (χ1v) is 5.36. The Morgan fingerprint density at radius 2 is 2.06 bits per heavy atom. The molecule has 0 atom stereocenters. The molecule has 2 aromatic heterocycles. The average Bonchev–Trinajstić information content (AvgIpc) is 2.85. The number of nitrogen functional groups attached to an aromatic ring is 1. The van der Waals surface area contributed by atoms with Crippen molar-refractivity contribution in [3.63, 3.8) is 0 Å². The minimum Gasteiger partial charge on any atom is -0.383 e. The Balaban J connectivity index is 2.21. The lowest BCUT2D eigenvalue weighted by Gasteiger charge is -2.01. The van der Waals surface area contributed by atoms with E-state index < -0.39 is 0 Å². The molecule has 17 heavy (non-hydrogen) atoms. The lowest BCUT2D eigenvalue weighted by molar-refractivity contribution is 0.779. The first-order chi connectivity index (χ1) is 8.16. The van der Waals surface area contributed by atoms with E-state index in [0.717, 1.165) is 22.2 Å². The highest BCUT2D eigenvalue weighted by Crippen LogP contribution is 2.27. The van der Waals surface area contributed by atoms with Crippen molar-refractivity contribution in [3.8, 4) is 11.1 Å². The Hall–Kier alpha value is -2.30. The molecule has 5 heteroatoms. The molecule has 0 spiro atoms. The molecule has 0 aliphatic rings. The number of benzene rings is 1. The van der Waals surface area contributed by atoms with Crippen LogP contribution in [0.2, 0.25) is 0 Å². The molecule has 0 saturated carbocycles. The molecule has 0 unspecified atom stereocenters. The predicted molar refractivity (Wildman–Crippen MR) is 67.3 cm³/mol. The molecular formula is C12H13N5. The largest absolute Gasteiger partial charge is 0.383 e. The Morgan fingerprint density at radius 3 is 2.76 bits per heavy atom. The highest BCUT2D eigenvalue weighted by Gasteiger charge is 2.09. The second kappa shape index (κ2) is 3.35. The fraction of sp³-hybridized carbons (Fsp3) is 0.167. The van der Waals surface area contributed by atoms with Crippen LogP contribution >= 0.6 is 0 Å². The van der Waals surface area contributed by atoms with Gasteiger partial charge in [-0.2, -0.15) is 5.10 Å². The number of hydrogen-bond donors (Lipinski definition) is 1. The van der Waals surface area contributed by atoms with Gasteiger partial charge in [0, 0.05) is 19.7 Å². The molecule has 3 aromatic rings. The van der Waals surface area contributed by atoms with Crippen molar-refractivity contribution >= 4 is 16.9 Å². The van der Waals surface area contributed by atoms with Gasteiger partial charge in [-0.15, -0.1) is 0 Å². The monoisotopic (exact) mass is 227 g/mol. The molecule has 86 valence electrons. The van der Waals surface area contributed by atoms with Crippen molar-refractivity contribution in [1.82, 2.24) is 19.3 Å². The summed E-state index contributed by atoms with van der Waals surface area (Å²) in [4.78, 5) is 4.34. The number of rotatable bonds is 1. The zero-order valence-electron chi connectivity index (χ0n) is 9.75. The second-order valence-electron chi connectivity index (χ2n) is 4.13. The van der Waals surface area contributed by atoms with Gasteiger partial charge in [-0.1, -0.05) is 6.07 Å². The molecule has 5 nitrogen and oxygen atoms in total. The zero-order chi connectivity index (χ0) is 12.0. The Morgan fingerprint density at radius 1 is 1.24 bits per heavy atom. The molecule has 0 fully saturated rings. The zero-order valence-corrected chi connectivity index (χ0v) is 9.75. The molecule has 0 saturated heterocycles. The third-order valence-electron chi connectivity index (χ3n) is 3.02. The van der Waals surface area contributed by atoms with E-state index in [1.807, 2.05) is 36.9 Å². The van der Waals surface area contributed by atoms with E-state index in [1.165, 1.54) is 0 Å². The van der Waals surface area contributed by atoms with Gasteiger partial charge in [-0.25, -0.2) is 4.98 Å². The van der Waals surface area contributed by atoms with Gasteiger partial charge < -0.3 is 10.3 Å². The van der Waals surface area contributed by atoms with Gasteiger partial charge in [0.25, 0.3) is 0 Å². The average molecular weight is 227 g/mol. The summed E-state index contributed by atoms with van der Waals surface area (Å²) in [5.41, 5.74) is 10.0. The number of fused-ring (bicyclic) bond motifs is 1. The second-order valence-corrected chi connectivity index (χ2v) is 4.13. The van der Waals surface area contributed by atoms with E-state index in [4.69, 9.17) is 5.73 Å². The Kier molecular flexibility index (Phi) is 1.95. The number of imidazole rings is 1. The first kappa shape index (κ1) is 9.89. The van der Waals surface area contributed by atoms with Crippen molar-refractivity contribution in [3.05, 3.63) is 30.7 Å². The molecule has 0 bridgehead atoms. The van der Waals surface area contributed by atoms with Crippen LogP contribution in [0.15, 0.2) is 30.7 Å². The fourth-order valence-corrected chi connectivity index (χ4v) is 1.97. The van der Waals surface area contributed by atoms with E-state index in [-0.39, 0.29) is 0 Å². The SMILES string of the molecule is Cn1ncc(-c2ccc3c(c2)ncn3C)c1N. The minimum absolute atomic E-state index is 0.667. The fourth-order valence-electron chi connectivity index (χ4n) is 1.97. The number of nitrogens with zero attached hydrogens (tertiary/aromatic N) is 4. The van der Waals surface area contributed by atoms with Crippen LogP contribution in [-0.2, 0) is 14.1 Å². The normalized spacial score (nSPS) is 11.2. The van der Waals surface area contributed by atoms with E-state index in [2.05, 4.69) is 10.1 Å². The number of hydrogen-bond acceptors (Lipinski definition) is 3. The van der Waals surface area contributed by atoms with Crippen molar-refractivity contribution in [1.29, 1.82) is 0 Å². The van der Waals surface area contributed by atoms with Gasteiger partial charge in [0.15, 0.2) is 0 Å². The van der Waals surface area contributed by atoms with Gasteiger partial charge in [0.05, 0.1) is 23.6 Å². The summed E-state index contributed by atoms with van der Waals surface area (Å²) in [5, 5.41) is 4.14. The maximum Gasteiger partial charge on any atom is 0.129 e.